The molecule has 16 heavy (non-hydrogen) atoms. The molecule has 7 heteroatoms. The van der Waals surface area contributed by atoms with E-state index in [2.05, 4.69) is 40.9 Å². The van der Waals surface area contributed by atoms with Gasteiger partial charge in [0.1, 0.15) is 0 Å². The molecule has 0 atom stereocenters. The van der Waals surface area contributed by atoms with Crippen molar-refractivity contribution in [3.05, 3.63) is 11.1 Å². The van der Waals surface area contributed by atoms with Gasteiger partial charge in [-0.2, -0.15) is 4.98 Å². The number of nitrogens with one attached hydrogen (secondary N) is 1. The smallest absolute Gasteiger partial charge is 0.375 e. The molecular formula is C9H17ClN4O2. The Kier molecular flexibility index (Phi) is 7.49. The van der Waals surface area contributed by atoms with E-state index < -0.39 is 5.97 Å². The molecule has 0 unspecified atom stereocenters. The van der Waals surface area contributed by atoms with Gasteiger partial charge in [0.15, 0.2) is 0 Å². The van der Waals surface area contributed by atoms with Crippen molar-refractivity contribution in [3.63, 3.8) is 0 Å². The first kappa shape index (κ1) is 14.9. The first-order chi connectivity index (χ1) is 7.54. The Bertz CT molecular complexity index is 307. The van der Waals surface area contributed by atoms with Crippen LogP contribution in [0.15, 0.2) is 0 Å². The molecule has 0 aliphatic heterocycles. The second kappa shape index (κ2) is 8.06. The van der Waals surface area contributed by atoms with Crippen molar-refractivity contribution in [2.75, 3.05) is 19.6 Å². The van der Waals surface area contributed by atoms with Gasteiger partial charge in [0, 0.05) is 0 Å². The Morgan fingerprint density at radius 2 is 1.88 bits per heavy atom. The van der Waals surface area contributed by atoms with Gasteiger partial charge >= 0.3 is 5.97 Å². The number of carboxylic acid groups (broad SMARTS) is 1. The summed E-state index contributed by atoms with van der Waals surface area (Å²) in [6, 6.07) is 0. The lowest BCUT2D eigenvalue weighted by atomic mass is 10.5. The van der Waals surface area contributed by atoms with Gasteiger partial charge in [-0.15, -0.1) is 5.10 Å². The minimum absolute atomic E-state index is 0.0209. The standard InChI is InChI=1S/C6H15N.C3H2ClN3O2/c1-4-7(5-2)6-3;4-3-5-1(2(8)9)6-7-3/h4-6H2,1-3H3;(H,8,9)(H,5,6,7). The molecule has 1 rings (SSSR count). The summed E-state index contributed by atoms with van der Waals surface area (Å²) in [6.07, 6.45) is 0. The Morgan fingerprint density at radius 3 is 2.00 bits per heavy atom. The van der Waals surface area contributed by atoms with Crippen LogP contribution >= 0.6 is 11.6 Å². The zero-order valence-electron chi connectivity index (χ0n) is 9.70. The third-order valence-corrected chi connectivity index (χ3v) is 2.16. The average Bonchev–Trinajstić information content (AvgIpc) is 2.69. The third kappa shape index (κ3) is 5.67. The van der Waals surface area contributed by atoms with Gasteiger partial charge in [-0.25, -0.2) is 9.89 Å². The van der Waals surface area contributed by atoms with Crippen molar-refractivity contribution < 1.29 is 9.90 Å². The van der Waals surface area contributed by atoms with Crippen molar-refractivity contribution >= 4 is 17.6 Å². The summed E-state index contributed by atoms with van der Waals surface area (Å²) < 4.78 is 0. The molecule has 0 spiro atoms. The Labute approximate surface area is 99.6 Å². The summed E-state index contributed by atoms with van der Waals surface area (Å²) in [7, 11) is 0. The molecule has 0 saturated carbocycles. The normalized spacial score (nSPS) is 9.81. The predicted octanol–water partition coefficient (Wildman–Crippen LogP) is 1.50. The summed E-state index contributed by atoms with van der Waals surface area (Å²) in [6.45, 7) is 10.1. The highest BCUT2D eigenvalue weighted by Crippen LogP contribution is 1.97. The third-order valence-electron chi connectivity index (χ3n) is 1.99. The Morgan fingerprint density at radius 1 is 1.38 bits per heavy atom. The largest absolute Gasteiger partial charge is 0.475 e. The molecule has 0 aromatic carbocycles. The van der Waals surface area contributed by atoms with Crippen molar-refractivity contribution in [1.82, 2.24) is 20.1 Å². The minimum Gasteiger partial charge on any atom is -0.475 e. The molecule has 1 aromatic heterocycles. The summed E-state index contributed by atoms with van der Waals surface area (Å²) in [5.74, 6) is -1.52. The Balaban J connectivity index is 0.000000293. The van der Waals surface area contributed by atoms with Crippen molar-refractivity contribution in [3.8, 4) is 0 Å². The highest BCUT2D eigenvalue weighted by Gasteiger charge is 2.07. The molecule has 1 heterocycles. The number of nitrogens with zero attached hydrogens (tertiary/aromatic N) is 3. The van der Waals surface area contributed by atoms with E-state index >= 15 is 0 Å². The number of hydrogen-bond acceptors (Lipinski definition) is 4. The van der Waals surface area contributed by atoms with Crippen LogP contribution in [-0.2, 0) is 0 Å². The first-order valence-corrected chi connectivity index (χ1v) is 5.46. The number of aromatic carboxylic acids is 1. The van der Waals surface area contributed by atoms with Gasteiger partial charge in [-0.1, -0.05) is 20.8 Å². The number of aromatic nitrogens is 3. The highest BCUT2D eigenvalue weighted by atomic mass is 35.5. The molecule has 0 aliphatic carbocycles. The Hall–Kier alpha value is -1.14. The zero-order chi connectivity index (χ0) is 12.6. The lowest BCUT2D eigenvalue weighted by Crippen LogP contribution is -2.21. The van der Waals surface area contributed by atoms with E-state index in [1.54, 1.807) is 0 Å². The van der Waals surface area contributed by atoms with E-state index in [-0.39, 0.29) is 11.1 Å². The van der Waals surface area contributed by atoms with E-state index in [0.717, 1.165) is 0 Å². The summed E-state index contributed by atoms with van der Waals surface area (Å²) in [5, 5.41) is 13.6. The van der Waals surface area contributed by atoms with Crippen LogP contribution in [0.3, 0.4) is 0 Å². The van der Waals surface area contributed by atoms with Crippen LogP contribution in [0.4, 0.5) is 0 Å². The fraction of sp³-hybridized carbons (Fsp3) is 0.667. The second-order valence-electron chi connectivity index (χ2n) is 2.87. The summed E-state index contributed by atoms with van der Waals surface area (Å²) in [4.78, 5) is 15.7. The lowest BCUT2D eigenvalue weighted by molar-refractivity contribution is 0.0684. The van der Waals surface area contributed by atoms with Crippen LogP contribution in [0.1, 0.15) is 31.4 Å². The van der Waals surface area contributed by atoms with Gasteiger partial charge in [-0.05, 0) is 31.2 Å². The molecule has 0 amide bonds. The van der Waals surface area contributed by atoms with Gasteiger partial charge in [0.2, 0.25) is 5.28 Å². The molecular weight excluding hydrogens is 232 g/mol. The monoisotopic (exact) mass is 248 g/mol. The fourth-order valence-corrected chi connectivity index (χ4v) is 1.13. The molecule has 0 saturated heterocycles. The van der Waals surface area contributed by atoms with Crippen LogP contribution in [0.5, 0.6) is 0 Å². The van der Waals surface area contributed by atoms with E-state index in [4.69, 9.17) is 16.7 Å². The molecule has 0 bridgehead atoms. The number of H-pyrrole nitrogens is 1. The van der Waals surface area contributed by atoms with Gasteiger partial charge in [0.05, 0.1) is 0 Å². The highest BCUT2D eigenvalue weighted by molar-refractivity contribution is 6.28. The summed E-state index contributed by atoms with van der Waals surface area (Å²) in [5.41, 5.74) is 0. The maximum Gasteiger partial charge on any atom is 0.375 e. The van der Waals surface area contributed by atoms with Crippen LogP contribution in [-0.4, -0.2) is 50.8 Å². The SMILES string of the molecule is CCN(CC)CC.O=C(O)c1n[nH]c(Cl)n1. The lowest BCUT2D eigenvalue weighted by Gasteiger charge is -2.13. The molecule has 1 aromatic rings. The van der Waals surface area contributed by atoms with Crippen LogP contribution < -0.4 is 0 Å². The van der Waals surface area contributed by atoms with E-state index in [9.17, 15) is 4.79 Å². The predicted molar refractivity (Wildman–Crippen MR) is 61.8 cm³/mol. The topological polar surface area (TPSA) is 82.1 Å². The molecule has 0 radical (unpaired) electrons. The molecule has 0 aliphatic rings. The van der Waals surface area contributed by atoms with Crippen molar-refractivity contribution in [2.45, 2.75) is 20.8 Å². The van der Waals surface area contributed by atoms with E-state index in [1.165, 1.54) is 19.6 Å². The number of rotatable bonds is 4. The van der Waals surface area contributed by atoms with Crippen LogP contribution in [0.2, 0.25) is 5.28 Å². The van der Waals surface area contributed by atoms with Crippen molar-refractivity contribution in [1.29, 1.82) is 0 Å². The number of halogens is 1. The minimum atomic E-state index is -1.20. The number of carboxylic acids is 1. The second-order valence-corrected chi connectivity index (χ2v) is 3.23. The van der Waals surface area contributed by atoms with E-state index in [0.29, 0.717) is 0 Å². The number of carbonyl (C=O) groups is 1. The maximum atomic E-state index is 10.0. The quantitative estimate of drug-likeness (QED) is 0.844. The molecule has 6 nitrogen and oxygen atoms in total. The number of hydrogen-bond donors (Lipinski definition) is 2. The summed E-state index contributed by atoms with van der Waals surface area (Å²) >= 11 is 5.21. The molecule has 0 fully saturated rings. The fourth-order valence-electron chi connectivity index (χ4n) is 1.01. The van der Waals surface area contributed by atoms with Gasteiger partial charge in [0.25, 0.3) is 5.82 Å². The van der Waals surface area contributed by atoms with Crippen LogP contribution in [0.25, 0.3) is 0 Å². The molecule has 92 valence electrons. The van der Waals surface area contributed by atoms with Crippen molar-refractivity contribution in [2.24, 2.45) is 0 Å². The zero-order valence-corrected chi connectivity index (χ0v) is 10.5. The number of aromatic amines is 1. The molecule has 2 N–H and O–H groups in total. The maximum absolute atomic E-state index is 10.0. The average molecular weight is 249 g/mol. The van der Waals surface area contributed by atoms with E-state index in [1.807, 2.05) is 0 Å². The van der Waals surface area contributed by atoms with Gasteiger partial charge < -0.3 is 10.0 Å². The van der Waals surface area contributed by atoms with Crippen LogP contribution in [0, 0.1) is 0 Å². The van der Waals surface area contributed by atoms with Gasteiger partial charge in [-0.3, -0.25) is 0 Å². The first-order valence-electron chi connectivity index (χ1n) is 5.08.